The Labute approximate surface area is 95.6 Å². The fourth-order valence-electron chi connectivity index (χ4n) is 1.08. The van der Waals surface area contributed by atoms with E-state index in [0.29, 0.717) is 0 Å². The van der Waals surface area contributed by atoms with Gasteiger partial charge in [0, 0.05) is 10.5 Å². The third kappa shape index (κ3) is 2.24. The average molecular weight is 309 g/mol. The molecule has 0 saturated heterocycles. The van der Waals surface area contributed by atoms with Crippen molar-refractivity contribution in [3.8, 4) is 0 Å². The highest BCUT2D eigenvalue weighted by atomic mass is 79.9. The molecule has 0 saturated carbocycles. The van der Waals surface area contributed by atoms with Crippen LogP contribution in [0.15, 0.2) is 21.1 Å². The Morgan fingerprint density at radius 2 is 1.69 bits per heavy atom. The van der Waals surface area contributed by atoms with E-state index in [0.717, 1.165) is 19.1 Å². The van der Waals surface area contributed by atoms with Crippen molar-refractivity contribution in [2.24, 2.45) is 0 Å². The van der Waals surface area contributed by atoms with E-state index in [-0.39, 0.29) is 0 Å². The highest BCUT2D eigenvalue weighted by Gasteiger charge is 2.18. The van der Waals surface area contributed by atoms with Gasteiger partial charge in [-0.2, -0.15) is 0 Å². The minimum Gasteiger partial charge on any atom is -0.397 e. The molecule has 0 spiro atoms. The summed E-state index contributed by atoms with van der Waals surface area (Å²) in [6.07, 6.45) is 0. The summed E-state index contributed by atoms with van der Waals surface area (Å²) in [5.74, 6) is 0. The van der Waals surface area contributed by atoms with E-state index in [4.69, 9.17) is 5.73 Å². The molecule has 2 N–H and O–H groups in total. The SMILES string of the molecule is C[N+](C)(C)c1ccc(Br)c(N)c1Br. The minimum atomic E-state index is 0.748. The number of halogens is 2. The van der Waals surface area contributed by atoms with Crippen LogP contribution in [0.4, 0.5) is 11.4 Å². The monoisotopic (exact) mass is 307 g/mol. The van der Waals surface area contributed by atoms with Crippen molar-refractivity contribution in [2.75, 3.05) is 26.9 Å². The van der Waals surface area contributed by atoms with E-state index in [1.165, 1.54) is 5.69 Å². The van der Waals surface area contributed by atoms with Crippen molar-refractivity contribution in [3.05, 3.63) is 21.1 Å². The van der Waals surface area contributed by atoms with Gasteiger partial charge in [-0.1, -0.05) is 0 Å². The zero-order valence-corrected chi connectivity index (χ0v) is 11.1. The van der Waals surface area contributed by atoms with Gasteiger partial charge in [-0.05, 0) is 37.9 Å². The minimum absolute atomic E-state index is 0.748. The highest BCUT2D eigenvalue weighted by molar-refractivity contribution is 9.11. The first-order valence-electron chi connectivity index (χ1n) is 3.89. The number of quaternary nitrogens is 1. The third-order valence-corrected chi connectivity index (χ3v) is 3.35. The number of hydrogen-bond acceptors (Lipinski definition) is 1. The number of nitrogens with two attached hydrogens (primary N) is 1. The summed E-state index contributed by atoms with van der Waals surface area (Å²) in [6, 6.07) is 4.03. The van der Waals surface area contributed by atoms with Crippen molar-refractivity contribution < 1.29 is 0 Å². The topological polar surface area (TPSA) is 26.0 Å². The molecule has 1 rings (SSSR count). The van der Waals surface area contributed by atoms with Crippen molar-refractivity contribution >= 4 is 43.2 Å². The number of nitrogen functional groups attached to an aromatic ring is 1. The molecule has 0 aromatic heterocycles. The number of hydrogen-bond donors (Lipinski definition) is 1. The molecule has 2 nitrogen and oxygen atoms in total. The standard InChI is InChI=1S/C9H13Br2N2/c1-13(2,3)7-5-4-6(10)9(12)8(7)11/h4-5H,12H2,1-3H3/q+1. The Balaban J connectivity index is 3.35. The lowest BCUT2D eigenvalue weighted by atomic mass is 10.2. The quantitative estimate of drug-likeness (QED) is 0.626. The summed E-state index contributed by atoms with van der Waals surface area (Å²) in [7, 11) is 6.31. The van der Waals surface area contributed by atoms with Gasteiger partial charge in [0.15, 0.2) is 0 Å². The highest BCUT2D eigenvalue weighted by Crippen LogP contribution is 2.37. The zero-order valence-electron chi connectivity index (χ0n) is 7.94. The first-order valence-corrected chi connectivity index (χ1v) is 5.48. The molecule has 0 bridgehead atoms. The summed E-state index contributed by atoms with van der Waals surface area (Å²) in [4.78, 5) is 0. The Morgan fingerprint density at radius 1 is 1.15 bits per heavy atom. The van der Waals surface area contributed by atoms with Crippen LogP contribution in [-0.4, -0.2) is 21.1 Å². The van der Waals surface area contributed by atoms with Gasteiger partial charge in [0.2, 0.25) is 0 Å². The molecular weight excluding hydrogens is 296 g/mol. The molecule has 0 unspecified atom stereocenters. The second-order valence-electron chi connectivity index (χ2n) is 3.81. The number of benzene rings is 1. The van der Waals surface area contributed by atoms with Gasteiger partial charge in [0.25, 0.3) is 0 Å². The lowest BCUT2D eigenvalue weighted by Crippen LogP contribution is -2.35. The van der Waals surface area contributed by atoms with Gasteiger partial charge in [-0.15, -0.1) is 0 Å². The summed E-state index contributed by atoms with van der Waals surface area (Å²) < 4.78 is 2.64. The van der Waals surface area contributed by atoms with E-state index >= 15 is 0 Å². The van der Waals surface area contributed by atoms with Gasteiger partial charge in [0.05, 0.1) is 26.8 Å². The van der Waals surface area contributed by atoms with Crippen LogP contribution in [-0.2, 0) is 0 Å². The van der Waals surface area contributed by atoms with Crippen molar-refractivity contribution in [2.45, 2.75) is 0 Å². The summed E-state index contributed by atoms with van der Waals surface area (Å²) in [5.41, 5.74) is 7.80. The van der Waals surface area contributed by atoms with Crippen molar-refractivity contribution in [1.82, 2.24) is 4.48 Å². The van der Waals surface area contributed by atoms with Crippen LogP contribution in [0.25, 0.3) is 0 Å². The zero-order chi connectivity index (χ0) is 10.2. The summed E-state index contributed by atoms with van der Waals surface area (Å²) in [5, 5.41) is 0. The van der Waals surface area contributed by atoms with Crippen molar-refractivity contribution in [3.63, 3.8) is 0 Å². The maximum atomic E-state index is 5.88. The van der Waals surface area contributed by atoms with Crippen LogP contribution >= 0.6 is 31.9 Å². The molecule has 72 valence electrons. The van der Waals surface area contributed by atoms with Crippen LogP contribution < -0.4 is 10.2 Å². The van der Waals surface area contributed by atoms with Gasteiger partial charge in [0.1, 0.15) is 10.2 Å². The van der Waals surface area contributed by atoms with Crippen LogP contribution in [0, 0.1) is 0 Å². The molecule has 0 fully saturated rings. The fourth-order valence-corrected chi connectivity index (χ4v) is 2.55. The van der Waals surface area contributed by atoms with Crippen LogP contribution in [0.3, 0.4) is 0 Å². The third-order valence-electron chi connectivity index (χ3n) is 1.83. The largest absolute Gasteiger partial charge is 0.397 e. The molecule has 0 amide bonds. The van der Waals surface area contributed by atoms with E-state index < -0.39 is 0 Å². The van der Waals surface area contributed by atoms with E-state index in [1.54, 1.807) is 0 Å². The first-order chi connectivity index (χ1) is 5.84. The van der Waals surface area contributed by atoms with Gasteiger partial charge in [-0.25, -0.2) is 0 Å². The van der Waals surface area contributed by atoms with Crippen LogP contribution in [0.1, 0.15) is 0 Å². The number of rotatable bonds is 1. The summed E-state index contributed by atoms with van der Waals surface area (Å²) >= 11 is 6.88. The molecule has 0 heterocycles. The molecule has 0 aliphatic heterocycles. The van der Waals surface area contributed by atoms with Crippen LogP contribution in [0.2, 0.25) is 0 Å². The fraction of sp³-hybridized carbons (Fsp3) is 0.333. The molecule has 0 aliphatic carbocycles. The maximum absolute atomic E-state index is 5.88. The summed E-state index contributed by atoms with van der Waals surface area (Å²) in [6.45, 7) is 0. The first kappa shape index (κ1) is 11.0. The van der Waals surface area contributed by atoms with Gasteiger partial charge in [-0.3, -0.25) is 4.48 Å². The predicted molar refractivity (Wildman–Crippen MR) is 65.8 cm³/mol. The van der Waals surface area contributed by atoms with E-state index in [1.807, 2.05) is 6.07 Å². The lowest BCUT2D eigenvalue weighted by Gasteiger charge is -2.25. The van der Waals surface area contributed by atoms with E-state index in [9.17, 15) is 0 Å². The Morgan fingerprint density at radius 3 is 2.15 bits per heavy atom. The van der Waals surface area contributed by atoms with Gasteiger partial charge >= 0.3 is 0 Å². The van der Waals surface area contributed by atoms with Crippen molar-refractivity contribution in [1.29, 1.82) is 0 Å². The molecule has 0 radical (unpaired) electrons. The Hall–Kier alpha value is -0.0600. The average Bonchev–Trinajstić information content (AvgIpc) is 1.98. The van der Waals surface area contributed by atoms with Gasteiger partial charge < -0.3 is 5.73 Å². The number of nitrogens with zero attached hydrogens (tertiary/aromatic N) is 1. The van der Waals surface area contributed by atoms with E-state index in [2.05, 4.69) is 59.1 Å². The maximum Gasteiger partial charge on any atom is 0.148 e. The number of anilines is 1. The lowest BCUT2D eigenvalue weighted by molar-refractivity contribution is 0.484. The smallest absolute Gasteiger partial charge is 0.148 e. The molecule has 1 aromatic rings. The van der Waals surface area contributed by atoms with Crippen LogP contribution in [0.5, 0.6) is 0 Å². The second kappa shape index (κ2) is 3.59. The molecule has 13 heavy (non-hydrogen) atoms. The molecule has 4 heteroatoms. The molecule has 0 aliphatic rings. The molecule has 1 aromatic carbocycles. The normalized spacial score (nSPS) is 11.8. The molecular formula is C9H13Br2N2+. The predicted octanol–water partition coefficient (Wildman–Crippen LogP) is 2.99. The Bertz CT molecular complexity index is 329. The molecule has 0 atom stereocenters. The second-order valence-corrected chi connectivity index (χ2v) is 5.45. The Kier molecular flexibility index (Phi) is 3.05.